The van der Waals surface area contributed by atoms with Crippen LogP contribution in [0.5, 0.6) is 0 Å². The quantitative estimate of drug-likeness (QED) is 0.213. The van der Waals surface area contributed by atoms with Crippen LogP contribution >= 0.6 is 12.6 Å². The van der Waals surface area contributed by atoms with E-state index >= 15 is 0 Å². The molecule has 0 atom stereocenters. The van der Waals surface area contributed by atoms with E-state index in [9.17, 15) is 4.79 Å². The number of nitrogens with two attached hydrogens (primary N) is 1. The number of hydrazine groups is 1. The molecule has 6 nitrogen and oxygen atoms in total. The Morgan fingerprint density at radius 2 is 2.45 bits per heavy atom. The number of nitrogens with zero attached hydrogens (tertiary/aromatic N) is 3. The first kappa shape index (κ1) is 8.02. The van der Waals surface area contributed by atoms with Gasteiger partial charge in [-0.1, -0.05) is 0 Å². The van der Waals surface area contributed by atoms with Crippen molar-refractivity contribution in [3.63, 3.8) is 0 Å². The first-order valence-electron chi connectivity index (χ1n) is 2.76. The summed E-state index contributed by atoms with van der Waals surface area (Å²) >= 11 is 3.92. The van der Waals surface area contributed by atoms with Gasteiger partial charge in [-0.15, -0.1) is 17.7 Å². The number of rotatable bonds is 1. The Kier molecular flexibility index (Phi) is 2.11. The fourth-order valence-electron chi connectivity index (χ4n) is 0.537. The van der Waals surface area contributed by atoms with E-state index in [1.807, 2.05) is 5.43 Å². The second-order valence-electron chi connectivity index (χ2n) is 1.83. The Bertz CT molecular complexity index is 263. The number of hydrogen-bond donors (Lipinski definition) is 3. The lowest BCUT2D eigenvalue weighted by Crippen LogP contribution is -2.31. The number of aryl methyl sites for hydroxylation is 1. The molecule has 3 N–H and O–H groups in total. The Balaban J connectivity index is 2.97. The van der Waals surface area contributed by atoms with Gasteiger partial charge in [0.2, 0.25) is 5.82 Å². The lowest BCUT2D eigenvalue weighted by Gasteiger charge is -1.89. The zero-order valence-corrected chi connectivity index (χ0v) is 6.67. The van der Waals surface area contributed by atoms with Gasteiger partial charge in [0.05, 0.1) is 0 Å². The molecule has 0 spiro atoms. The highest BCUT2D eigenvalue weighted by Crippen LogP contribution is 1.99. The molecule has 0 unspecified atom stereocenters. The summed E-state index contributed by atoms with van der Waals surface area (Å²) in [6, 6.07) is 0. The van der Waals surface area contributed by atoms with E-state index in [1.54, 1.807) is 7.05 Å². The van der Waals surface area contributed by atoms with E-state index in [0.29, 0.717) is 5.16 Å². The number of hydrogen-bond acceptors (Lipinski definition) is 5. The summed E-state index contributed by atoms with van der Waals surface area (Å²) in [5.74, 6) is 4.34. The van der Waals surface area contributed by atoms with E-state index in [0.717, 1.165) is 0 Å². The number of amides is 1. The van der Waals surface area contributed by atoms with Crippen LogP contribution in [0.15, 0.2) is 5.16 Å². The average Bonchev–Trinajstić information content (AvgIpc) is 2.31. The highest BCUT2D eigenvalue weighted by Gasteiger charge is 2.10. The van der Waals surface area contributed by atoms with Crippen LogP contribution < -0.4 is 11.3 Å². The molecule has 0 aliphatic heterocycles. The molecule has 1 aromatic heterocycles. The van der Waals surface area contributed by atoms with E-state index in [-0.39, 0.29) is 5.82 Å². The summed E-state index contributed by atoms with van der Waals surface area (Å²) in [4.78, 5) is 14.5. The molecule has 0 aliphatic carbocycles. The molecular weight excluding hydrogens is 166 g/mol. The van der Waals surface area contributed by atoms with Gasteiger partial charge in [-0.2, -0.15) is 4.98 Å². The van der Waals surface area contributed by atoms with Crippen LogP contribution in [0.3, 0.4) is 0 Å². The van der Waals surface area contributed by atoms with Crippen molar-refractivity contribution in [3.05, 3.63) is 5.82 Å². The third-order valence-corrected chi connectivity index (χ3v) is 1.46. The predicted octanol–water partition coefficient (Wildman–Crippen LogP) is -1.29. The molecule has 1 rings (SSSR count). The number of thiol groups is 1. The van der Waals surface area contributed by atoms with E-state index in [1.165, 1.54) is 4.68 Å². The zero-order chi connectivity index (χ0) is 8.43. The highest BCUT2D eigenvalue weighted by atomic mass is 32.1. The fourth-order valence-corrected chi connectivity index (χ4v) is 0.676. The van der Waals surface area contributed by atoms with Crippen LogP contribution in [0.4, 0.5) is 0 Å². The molecule has 60 valence electrons. The monoisotopic (exact) mass is 173 g/mol. The Labute approximate surface area is 68.2 Å². The molecule has 11 heavy (non-hydrogen) atoms. The number of carbonyl (C=O) groups excluding carboxylic acids is 1. The average molecular weight is 173 g/mol. The van der Waals surface area contributed by atoms with Gasteiger partial charge in [0.1, 0.15) is 0 Å². The minimum Gasteiger partial charge on any atom is -0.287 e. The summed E-state index contributed by atoms with van der Waals surface area (Å²) in [7, 11) is 1.63. The third-order valence-electron chi connectivity index (χ3n) is 1.07. The second-order valence-corrected chi connectivity index (χ2v) is 2.23. The van der Waals surface area contributed by atoms with Crippen LogP contribution in [-0.2, 0) is 7.05 Å². The van der Waals surface area contributed by atoms with Gasteiger partial charge < -0.3 is 0 Å². The largest absolute Gasteiger partial charge is 0.304 e. The third kappa shape index (κ3) is 1.49. The Morgan fingerprint density at radius 1 is 1.82 bits per heavy atom. The molecule has 0 aliphatic rings. The summed E-state index contributed by atoms with van der Waals surface area (Å²) in [5.41, 5.74) is 1.91. The van der Waals surface area contributed by atoms with Crippen molar-refractivity contribution in [2.24, 2.45) is 12.9 Å². The van der Waals surface area contributed by atoms with Crippen LogP contribution in [0.1, 0.15) is 10.6 Å². The number of aromatic nitrogens is 3. The lowest BCUT2D eigenvalue weighted by atomic mass is 10.6. The van der Waals surface area contributed by atoms with Gasteiger partial charge >= 0.3 is 5.91 Å². The van der Waals surface area contributed by atoms with E-state index in [2.05, 4.69) is 22.7 Å². The standard InChI is InChI=1S/C4H7N5OS/c1-9-4(11)6-2(8-9)3(10)7-5/h5H2,1H3,(H,7,10)(H,6,8,11). The van der Waals surface area contributed by atoms with Gasteiger partial charge in [-0.05, 0) is 0 Å². The van der Waals surface area contributed by atoms with Crippen molar-refractivity contribution in [1.29, 1.82) is 0 Å². The van der Waals surface area contributed by atoms with Gasteiger partial charge in [0.15, 0.2) is 5.16 Å². The molecule has 1 amide bonds. The van der Waals surface area contributed by atoms with Crippen molar-refractivity contribution in [2.45, 2.75) is 5.16 Å². The minimum atomic E-state index is -0.527. The molecule has 0 saturated carbocycles. The molecule has 0 saturated heterocycles. The number of nitrogens with one attached hydrogen (secondary N) is 1. The van der Waals surface area contributed by atoms with Crippen molar-refractivity contribution in [3.8, 4) is 0 Å². The summed E-state index contributed by atoms with van der Waals surface area (Å²) < 4.78 is 1.37. The van der Waals surface area contributed by atoms with Crippen molar-refractivity contribution >= 4 is 18.5 Å². The van der Waals surface area contributed by atoms with Gasteiger partial charge in [0, 0.05) is 7.05 Å². The maximum atomic E-state index is 10.8. The van der Waals surface area contributed by atoms with Crippen molar-refractivity contribution in [1.82, 2.24) is 20.2 Å². The summed E-state index contributed by atoms with van der Waals surface area (Å²) in [5, 5.41) is 4.08. The first-order chi connectivity index (χ1) is 5.15. The maximum Gasteiger partial charge on any atom is 0.304 e. The molecule has 0 bridgehead atoms. The van der Waals surface area contributed by atoms with Crippen LogP contribution in [-0.4, -0.2) is 20.7 Å². The van der Waals surface area contributed by atoms with Crippen LogP contribution in [0.2, 0.25) is 0 Å². The highest BCUT2D eigenvalue weighted by molar-refractivity contribution is 7.80. The van der Waals surface area contributed by atoms with E-state index in [4.69, 9.17) is 5.84 Å². The smallest absolute Gasteiger partial charge is 0.287 e. The topological polar surface area (TPSA) is 85.8 Å². The van der Waals surface area contributed by atoms with Crippen LogP contribution in [0.25, 0.3) is 0 Å². The molecule has 7 heteroatoms. The first-order valence-corrected chi connectivity index (χ1v) is 3.21. The second kappa shape index (κ2) is 2.89. The Hall–Kier alpha value is -1.08. The maximum absolute atomic E-state index is 10.8. The molecule has 1 heterocycles. The molecule has 0 aromatic carbocycles. The van der Waals surface area contributed by atoms with Crippen molar-refractivity contribution < 1.29 is 4.79 Å². The fraction of sp³-hybridized carbons (Fsp3) is 0.250. The van der Waals surface area contributed by atoms with Crippen LogP contribution in [0, 0.1) is 0 Å². The van der Waals surface area contributed by atoms with Gasteiger partial charge in [-0.3, -0.25) is 10.2 Å². The normalized spacial score (nSPS) is 9.73. The van der Waals surface area contributed by atoms with E-state index < -0.39 is 5.91 Å². The Morgan fingerprint density at radius 3 is 2.82 bits per heavy atom. The molecule has 0 radical (unpaired) electrons. The zero-order valence-electron chi connectivity index (χ0n) is 5.77. The minimum absolute atomic E-state index is 0.0139. The molecular formula is C4H7N5OS. The van der Waals surface area contributed by atoms with Crippen molar-refractivity contribution in [2.75, 3.05) is 0 Å². The predicted molar refractivity (Wildman–Crippen MR) is 39.9 cm³/mol. The molecule has 0 fully saturated rings. The molecule has 1 aromatic rings. The lowest BCUT2D eigenvalue weighted by molar-refractivity contribution is 0.0943. The summed E-state index contributed by atoms with van der Waals surface area (Å²) in [6.07, 6.45) is 0. The number of nitrogen functional groups attached to an aromatic ring is 1. The number of carbonyl (C=O) groups is 1. The van der Waals surface area contributed by atoms with Gasteiger partial charge in [-0.25, -0.2) is 10.5 Å². The van der Waals surface area contributed by atoms with Gasteiger partial charge in [0.25, 0.3) is 0 Å². The summed E-state index contributed by atoms with van der Waals surface area (Å²) in [6.45, 7) is 0. The SMILES string of the molecule is Cn1nc(C(=O)NN)nc1S.